The van der Waals surface area contributed by atoms with Gasteiger partial charge in [0.25, 0.3) is 0 Å². The fraction of sp³-hybridized carbons (Fsp3) is 0.167. The van der Waals surface area contributed by atoms with E-state index in [9.17, 15) is 4.79 Å². The molecule has 108 valence electrons. The van der Waals surface area contributed by atoms with Crippen molar-refractivity contribution in [3.63, 3.8) is 0 Å². The number of rotatable bonds is 7. The standard InChI is InChI=1S/C18H18O3/c1-3-7-14-10-11-16(17(12-14)20-2)21-18(13-19)15-8-5-4-6-9-15/h3-6,8-13,18H,1,7H2,2H3. The van der Waals surface area contributed by atoms with Crippen molar-refractivity contribution in [2.45, 2.75) is 12.5 Å². The Labute approximate surface area is 124 Å². The van der Waals surface area contributed by atoms with Gasteiger partial charge in [-0.05, 0) is 29.7 Å². The Balaban J connectivity index is 2.25. The largest absolute Gasteiger partial charge is 0.493 e. The van der Waals surface area contributed by atoms with E-state index in [-0.39, 0.29) is 0 Å². The third-order valence-corrected chi connectivity index (χ3v) is 3.11. The summed E-state index contributed by atoms with van der Waals surface area (Å²) in [6.45, 7) is 3.72. The zero-order valence-corrected chi connectivity index (χ0v) is 12.0. The second kappa shape index (κ2) is 7.29. The summed E-state index contributed by atoms with van der Waals surface area (Å²) in [4.78, 5) is 11.3. The smallest absolute Gasteiger partial charge is 0.179 e. The van der Waals surface area contributed by atoms with Gasteiger partial charge >= 0.3 is 0 Å². The Bertz CT molecular complexity index is 605. The Morgan fingerprint density at radius 1 is 1.14 bits per heavy atom. The van der Waals surface area contributed by atoms with Crippen LogP contribution in [0.5, 0.6) is 11.5 Å². The van der Waals surface area contributed by atoms with Gasteiger partial charge in [-0.15, -0.1) is 6.58 Å². The summed E-state index contributed by atoms with van der Waals surface area (Å²) in [6, 6.07) is 15.0. The number of carbonyl (C=O) groups excluding carboxylic acids is 1. The van der Waals surface area contributed by atoms with E-state index in [4.69, 9.17) is 9.47 Å². The molecule has 2 aromatic carbocycles. The lowest BCUT2D eigenvalue weighted by molar-refractivity contribution is -0.113. The maximum atomic E-state index is 11.3. The summed E-state index contributed by atoms with van der Waals surface area (Å²) in [5.74, 6) is 1.16. The van der Waals surface area contributed by atoms with Crippen molar-refractivity contribution in [3.05, 3.63) is 72.3 Å². The highest BCUT2D eigenvalue weighted by atomic mass is 16.5. The van der Waals surface area contributed by atoms with Crippen LogP contribution in [-0.4, -0.2) is 13.4 Å². The molecule has 2 aromatic rings. The van der Waals surface area contributed by atoms with E-state index in [1.54, 1.807) is 7.11 Å². The zero-order chi connectivity index (χ0) is 15.1. The Kier molecular flexibility index (Phi) is 5.16. The molecular weight excluding hydrogens is 264 g/mol. The third-order valence-electron chi connectivity index (χ3n) is 3.11. The Morgan fingerprint density at radius 3 is 2.52 bits per heavy atom. The molecule has 3 nitrogen and oxygen atoms in total. The van der Waals surface area contributed by atoms with Crippen molar-refractivity contribution in [3.8, 4) is 11.5 Å². The normalized spacial score (nSPS) is 11.5. The van der Waals surface area contributed by atoms with Gasteiger partial charge in [0.15, 0.2) is 23.9 Å². The lowest BCUT2D eigenvalue weighted by Gasteiger charge is -2.16. The first-order valence-electron chi connectivity index (χ1n) is 6.73. The molecule has 0 radical (unpaired) electrons. The van der Waals surface area contributed by atoms with Gasteiger partial charge in [0.1, 0.15) is 0 Å². The van der Waals surface area contributed by atoms with Crippen molar-refractivity contribution in [1.82, 2.24) is 0 Å². The second-order valence-corrected chi connectivity index (χ2v) is 4.56. The predicted molar refractivity (Wildman–Crippen MR) is 82.8 cm³/mol. The lowest BCUT2D eigenvalue weighted by Crippen LogP contribution is -2.09. The molecule has 0 bridgehead atoms. The molecule has 0 aliphatic carbocycles. The van der Waals surface area contributed by atoms with Crippen LogP contribution >= 0.6 is 0 Å². The number of methoxy groups -OCH3 is 1. The summed E-state index contributed by atoms with van der Waals surface area (Å²) in [5.41, 5.74) is 1.89. The van der Waals surface area contributed by atoms with Gasteiger partial charge in [-0.3, -0.25) is 4.79 Å². The van der Waals surface area contributed by atoms with Crippen LogP contribution in [0.15, 0.2) is 61.2 Å². The summed E-state index contributed by atoms with van der Waals surface area (Å²) in [7, 11) is 1.58. The highest BCUT2D eigenvalue weighted by molar-refractivity contribution is 5.61. The molecule has 1 unspecified atom stereocenters. The van der Waals surface area contributed by atoms with E-state index in [1.165, 1.54) is 0 Å². The minimum absolute atomic E-state index is 0.547. The number of aldehydes is 1. The number of hydrogen-bond acceptors (Lipinski definition) is 3. The molecule has 0 heterocycles. The van der Waals surface area contributed by atoms with Gasteiger partial charge in [-0.25, -0.2) is 0 Å². The topological polar surface area (TPSA) is 35.5 Å². The average Bonchev–Trinajstić information content (AvgIpc) is 2.54. The predicted octanol–water partition coefficient (Wildman–Crippen LogP) is 3.74. The minimum Gasteiger partial charge on any atom is -0.493 e. The molecule has 2 rings (SSSR count). The highest BCUT2D eigenvalue weighted by Gasteiger charge is 2.15. The third kappa shape index (κ3) is 3.72. The quantitative estimate of drug-likeness (QED) is 0.573. The van der Waals surface area contributed by atoms with Crippen LogP contribution in [0, 0.1) is 0 Å². The van der Waals surface area contributed by atoms with Crippen LogP contribution in [0.1, 0.15) is 17.2 Å². The summed E-state index contributed by atoms with van der Waals surface area (Å²) >= 11 is 0. The first-order valence-corrected chi connectivity index (χ1v) is 6.73. The van der Waals surface area contributed by atoms with Crippen molar-refractivity contribution >= 4 is 6.29 Å². The first kappa shape index (κ1) is 14.9. The maximum absolute atomic E-state index is 11.3. The van der Waals surface area contributed by atoms with E-state index < -0.39 is 6.10 Å². The first-order chi connectivity index (χ1) is 10.3. The number of ether oxygens (including phenoxy) is 2. The number of allylic oxidation sites excluding steroid dienone is 1. The summed E-state index contributed by atoms with van der Waals surface area (Å²) in [6.07, 6.45) is 2.72. The van der Waals surface area contributed by atoms with E-state index in [0.717, 1.165) is 23.8 Å². The van der Waals surface area contributed by atoms with Crippen LogP contribution < -0.4 is 9.47 Å². The SMILES string of the molecule is C=CCc1ccc(OC(C=O)c2ccccc2)c(OC)c1. The maximum Gasteiger partial charge on any atom is 0.179 e. The number of benzene rings is 2. The van der Waals surface area contributed by atoms with E-state index >= 15 is 0 Å². The Morgan fingerprint density at radius 2 is 1.90 bits per heavy atom. The average molecular weight is 282 g/mol. The van der Waals surface area contributed by atoms with Gasteiger partial charge in [-0.1, -0.05) is 42.5 Å². The van der Waals surface area contributed by atoms with Gasteiger partial charge in [0.05, 0.1) is 7.11 Å². The molecule has 3 heteroatoms. The summed E-state index contributed by atoms with van der Waals surface area (Å²) < 4.78 is 11.1. The Hall–Kier alpha value is -2.55. The second-order valence-electron chi connectivity index (χ2n) is 4.56. The van der Waals surface area contributed by atoms with Gasteiger partial charge < -0.3 is 9.47 Å². The van der Waals surface area contributed by atoms with Crippen LogP contribution in [0.4, 0.5) is 0 Å². The van der Waals surface area contributed by atoms with Crippen LogP contribution in [-0.2, 0) is 11.2 Å². The van der Waals surface area contributed by atoms with Crippen molar-refractivity contribution in [2.24, 2.45) is 0 Å². The molecule has 1 atom stereocenters. The molecule has 0 aliphatic heterocycles. The molecule has 0 amide bonds. The molecular formula is C18H18O3. The highest BCUT2D eigenvalue weighted by Crippen LogP contribution is 2.31. The minimum atomic E-state index is -0.648. The van der Waals surface area contributed by atoms with Crippen molar-refractivity contribution < 1.29 is 14.3 Å². The van der Waals surface area contributed by atoms with Crippen LogP contribution in [0.25, 0.3) is 0 Å². The van der Waals surface area contributed by atoms with Gasteiger partial charge in [0, 0.05) is 0 Å². The fourth-order valence-corrected chi connectivity index (χ4v) is 2.06. The van der Waals surface area contributed by atoms with Gasteiger partial charge in [0.2, 0.25) is 0 Å². The van der Waals surface area contributed by atoms with E-state index in [1.807, 2.05) is 54.6 Å². The van der Waals surface area contributed by atoms with Gasteiger partial charge in [-0.2, -0.15) is 0 Å². The molecule has 0 aromatic heterocycles. The fourth-order valence-electron chi connectivity index (χ4n) is 2.06. The molecule has 0 aliphatic rings. The van der Waals surface area contributed by atoms with Crippen LogP contribution in [0.2, 0.25) is 0 Å². The lowest BCUT2D eigenvalue weighted by atomic mass is 10.1. The molecule has 0 N–H and O–H groups in total. The molecule has 0 spiro atoms. The molecule has 0 fully saturated rings. The zero-order valence-electron chi connectivity index (χ0n) is 12.0. The molecule has 0 saturated carbocycles. The molecule has 21 heavy (non-hydrogen) atoms. The number of carbonyl (C=O) groups is 1. The van der Waals surface area contributed by atoms with Crippen molar-refractivity contribution in [1.29, 1.82) is 0 Å². The molecule has 0 saturated heterocycles. The van der Waals surface area contributed by atoms with Crippen molar-refractivity contribution in [2.75, 3.05) is 7.11 Å². The van der Waals surface area contributed by atoms with Crippen LogP contribution in [0.3, 0.4) is 0 Å². The monoisotopic (exact) mass is 282 g/mol. The number of hydrogen-bond donors (Lipinski definition) is 0. The van der Waals surface area contributed by atoms with E-state index in [2.05, 4.69) is 6.58 Å². The van der Waals surface area contributed by atoms with E-state index in [0.29, 0.717) is 11.5 Å². The summed E-state index contributed by atoms with van der Waals surface area (Å²) in [5, 5.41) is 0.